The van der Waals surface area contributed by atoms with Crippen LogP contribution >= 0.6 is 0 Å². The number of rotatable bonds is 7. The van der Waals surface area contributed by atoms with Gasteiger partial charge in [-0.3, -0.25) is 24.2 Å². The fraction of sp³-hybridized carbons (Fsp3) is 0.594. The summed E-state index contributed by atoms with van der Waals surface area (Å²) >= 11 is 0. The Hall–Kier alpha value is -3.28. The van der Waals surface area contributed by atoms with E-state index in [1.54, 1.807) is 0 Å². The van der Waals surface area contributed by atoms with Gasteiger partial charge in [-0.1, -0.05) is 19.8 Å². The van der Waals surface area contributed by atoms with Crippen LogP contribution in [-0.2, 0) is 26.3 Å². The number of nitrogens with two attached hydrogens (primary N) is 1. The normalized spacial score (nSPS) is 28.1. The van der Waals surface area contributed by atoms with Crippen LogP contribution in [0, 0.1) is 23.6 Å². The molecule has 43 heavy (non-hydrogen) atoms. The van der Waals surface area contributed by atoms with Gasteiger partial charge in [-0.05, 0) is 78.1 Å². The Bertz CT molecular complexity index is 1460. The zero-order valence-electron chi connectivity index (χ0n) is 25.4. The zero-order valence-corrected chi connectivity index (χ0v) is 25.4. The molecule has 0 unspecified atom stereocenters. The van der Waals surface area contributed by atoms with E-state index in [4.69, 9.17) is 5.73 Å². The number of hydrogen-bond acceptors (Lipinski definition) is 9. The van der Waals surface area contributed by atoms with Gasteiger partial charge in [-0.25, -0.2) is 4.39 Å². The third kappa shape index (κ3) is 4.50. The van der Waals surface area contributed by atoms with Crippen molar-refractivity contribution in [2.75, 3.05) is 27.2 Å². The summed E-state index contributed by atoms with van der Waals surface area (Å²) in [5.41, 5.74) is 0.724. The molecule has 0 bridgehead atoms. The second-order valence-corrected chi connectivity index (χ2v) is 13.3. The molecular weight excluding hydrogens is 557 g/mol. The van der Waals surface area contributed by atoms with E-state index < -0.39 is 75.1 Å². The molecule has 5 rings (SSSR count). The lowest BCUT2D eigenvalue weighted by atomic mass is 9.57. The molecular formula is C32H42FN3O7. The SMILES string of the molecule is CCN(CC1CCCC1)C(C)(C)c1cc(O)c2c(c1F)C[C@H]1C[C@H]3[C@H](N(C)C)C(=O)C(C(N)=O)=C(O)[C@@]3(O)C(=O)C1=C2O. The first-order valence-electron chi connectivity index (χ1n) is 15.0. The number of ketones is 2. The molecule has 10 nitrogen and oxygen atoms in total. The highest BCUT2D eigenvalue weighted by atomic mass is 19.1. The predicted octanol–water partition coefficient (Wildman–Crippen LogP) is 2.85. The Kier molecular flexibility index (Phi) is 7.76. The van der Waals surface area contributed by atoms with E-state index in [1.165, 1.54) is 37.9 Å². The molecule has 0 heterocycles. The quantitative estimate of drug-likeness (QED) is 0.297. The number of likely N-dealkylation sites (N-methyl/N-ethyl adjacent to an activating group) is 1. The fourth-order valence-electron chi connectivity index (χ4n) is 8.16. The van der Waals surface area contributed by atoms with Gasteiger partial charge in [-0.2, -0.15) is 0 Å². The van der Waals surface area contributed by atoms with Crippen molar-refractivity contribution in [3.8, 4) is 5.75 Å². The van der Waals surface area contributed by atoms with Gasteiger partial charge in [0.25, 0.3) is 5.91 Å². The Balaban J connectivity index is 1.63. The number of phenols is 1. The van der Waals surface area contributed by atoms with Crippen LogP contribution in [0.4, 0.5) is 4.39 Å². The van der Waals surface area contributed by atoms with Crippen LogP contribution in [0.5, 0.6) is 5.75 Å². The number of phenolic OH excluding ortho intramolecular Hbond substituents is 1. The van der Waals surface area contributed by atoms with Crippen molar-refractivity contribution < 1.29 is 39.2 Å². The molecule has 6 N–H and O–H groups in total. The van der Waals surface area contributed by atoms with E-state index in [0.29, 0.717) is 12.5 Å². The highest BCUT2D eigenvalue weighted by Gasteiger charge is 2.64. The third-order valence-electron chi connectivity index (χ3n) is 10.4. The predicted molar refractivity (Wildman–Crippen MR) is 156 cm³/mol. The first-order chi connectivity index (χ1) is 20.1. The molecule has 2 fully saturated rings. The lowest BCUT2D eigenvalue weighted by Crippen LogP contribution is -2.65. The Morgan fingerprint density at radius 1 is 1.16 bits per heavy atom. The summed E-state index contributed by atoms with van der Waals surface area (Å²) < 4.78 is 16.6. The summed E-state index contributed by atoms with van der Waals surface area (Å²) in [5.74, 6) is -7.65. The maximum Gasteiger partial charge on any atom is 0.255 e. The van der Waals surface area contributed by atoms with E-state index in [2.05, 4.69) is 4.90 Å². The number of aliphatic hydroxyl groups excluding tert-OH is 2. The lowest BCUT2D eigenvalue weighted by molar-refractivity contribution is -0.153. The molecule has 2 saturated carbocycles. The maximum atomic E-state index is 16.6. The number of aliphatic hydroxyl groups is 3. The van der Waals surface area contributed by atoms with Gasteiger partial charge in [0, 0.05) is 34.7 Å². The molecule has 4 atom stereocenters. The number of carbonyl (C=O) groups excluding carboxylic acids is 3. The Morgan fingerprint density at radius 3 is 2.35 bits per heavy atom. The molecule has 0 aromatic heterocycles. The number of amides is 1. The van der Waals surface area contributed by atoms with Gasteiger partial charge in [-0.15, -0.1) is 0 Å². The van der Waals surface area contributed by atoms with Gasteiger partial charge in [0.1, 0.15) is 28.7 Å². The minimum atomic E-state index is -2.73. The van der Waals surface area contributed by atoms with E-state index in [9.17, 15) is 34.8 Å². The number of fused-ring (bicyclic) bond motifs is 3. The van der Waals surface area contributed by atoms with Crippen LogP contribution in [0.1, 0.15) is 69.6 Å². The zero-order chi connectivity index (χ0) is 31.8. The van der Waals surface area contributed by atoms with Gasteiger partial charge in [0.15, 0.2) is 11.4 Å². The number of aromatic hydroxyl groups is 1. The molecule has 4 aliphatic rings. The van der Waals surface area contributed by atoms with E-state index in [1.807, 2.05) is 20.8 Å². The second-order valence-electron chi connectivity index (χ2n) is 13.3. The summed E-state index contributed by atoms with van der Waals surface area (Å²) in [6.07, 6.45) is 4.42. The molecule has 1 aromatic rings. The van der Waals surface area contributed by atoms with Crippen molar-refractivity contribution >= 4 is 23.2 Å². The van der Waals surface area contributed by atoms with Gasteiger partial charge < -0.3 is 26.2 Å². The van der Waals surface area contributed by atoms with Crippen molar-refractivity contribution in [3.05, 3.63) is 45.5 Å². The van der Waals surface area contributed by atoms with E-state index >= 15 is 4.39 Å². The van der Waals surface area contributed by atoms with E-state index in [-0.39, 0.29) is 35.1 Å². The van der Waals surface area contributed by atoms with Crippen molar-refractivity contribution in [2.45, 2.75) is 76.5 Å². The third-order valence-corrected chi connectivity index (χ3v) is 10.4. The first kappa shape index (κ1) is 31.2. The molecule has 234 valence electrons. The molecule has 11 heteroatoms. The number of nitrogens with zero attached hydrogens (tertiary/aromatic N) is 2. The number of hydrogen-bond donors (Lipinski definition) is 5. The second kappa shape index (κ2) is 10.7. The van der Waals surface area contributed by atoms with Crippen molar-refractivity contribution in [3.63, 3.8) is 0 Å². The maximum absolute atomic E-state index is 16.6. The Morgan fingerprint density at radius 2 is 1.79 bits per heavy atom. The van der Waals surface area contributed by atoms with Crippen LogP contribution in [0.25, 0.3) is 5.76 Å². The first-order valence-corrected chi connectivity index (χ1v) is 15.0. The summed E-state index contributed by atoms with van der Waals surface area (Å²) in [4.78, 5) is 43.0. The topological polar surface area (TPSA) is 165 Å². The van der Waals surface area contributed by atoms with Crippen molar-refractivity contribution in [2.24, 2.45) is 23.5 Å². The molecule has 0 saturated heterocycles. The van der Waals surface area contributed by atoms with Crippen LogP contribution in [0.3, 0.4) is 0 Å². The van der Waals surface area contributed by atoms with Crippen molar-refractivity contribution in [1.29, 1.82) is 0 Å². The van der Waals surface area contributed by atoms with Crippen LogP contribution in [0.2, 0.25) is 0 Å². The molecule has 0 spiro atoms. The molecule has 4 aliphatic carbocycles. The van der Waals surface area contributed by atoms with Crippen LogP contribution < -0.4 is 5.73 Å². The highest BCUT2D eigenvalue weighted by molar-refractivity contribution is 6.24. The van der Waals surface area contributed by atoms with Gasteiger partial charge in [0.05, 0.1) is 11.6 Å². The smallest absolute Gasteiger partial charge is 0.255 e. The summed E-state index contributed by atoms with van der Waals surface area (Å²) in [6, 6.07) is 0.0896. The number of primary amides is 1. The average molecular weight is 600 g/mol. The largest absolute Gasteiger partial charge is 0.508 e. The number of benzene rings is 1. The average Bonchev–Trinajstić information content (AvgIpc) is 3.44. The number of carbonyl (C=O) groups is 3. The molecule has 0 radical (unpaired) electrons. The fourth-order valence-corrected chi connectivity index (χ4v) is 8.16. The Labute approximate surface area is 250 Å². The monoisotopic (exact) mass is 599 g/mol. The minimum absolute atomic E-state index is 0.0469. The standard InChI is InChI=1S/C32H42FN3O7/c1-6-36(14-15-9-7-8-10-15)31(2,3)18-13-20(37)22-17(24(18)33)11-16-12-19-25(35(4)5)27(39)23(30(34)42)29(41)32(19,43)28(40)21(16)26(22)38/h13,15-16,19,25,37-38,41,43H,6-12,14H2,1-5H3,(H2,34,42)/t16-,19-,25-,32-/m0/s1. The highest BCUT2D eigenvalue weighted by Crippen LogP contribution is 2.53. The van der Waals surface area contributed by atoms with Gasteiger partial charge >= 0.3 is 0 Å². The van der Waals surface area contributed by atoms with Gasteiger partial charge in [0.2, 0.25) is 5.78 Å². The van der Waals surface area contributed by atoms with Crippen molar-refractivity contribution in [1.82, 2.24) is 9.80 Å². The van der Waals surface area contributed by atoms with Crippen LogP contribution in [0.15, 0.2) is 23.0 Å². The van der Waals surface area contributed by atoms with Crippen LogP contribution in [-0.4, -0.2) is 86.5 Å². The number of Topliss-reactive ketones (excluding diaryl/α,β-unsaturated/α-hetero) is 2. The molecule has 1 amide bonds. The number of halogens is 1. The summed E-state index contributed by atoms with van der Waals surface area (Å²) in [5, 5.41) is 45.3. The summed E-state index contributed by atoms with van der Waals surface area (Å²) in [6.45, 7) is 7.29. The molecule has 1 aromatic carbocycles. The lowest BCUT2D eigenvalue weighted by Gasteiger charge is -2.50. The minimum Gasteiger partial charge on any atom is -0.508 e. The van der Waals surface area contributed by atoms with E-state index in [0.717, 1.165) is 19.4 Å². The summed E-state index contributed by atoms with van der Waals surface area (Å²) in [7, 11) is 3.06. The molecule has 0 aliphatic heterocycles.